The zero-order valence-electron chi connectivity index (χ0n) is 13.3. The number of benzene rings is 1. The first-order valence-electron chi connectivity index (χ1n) is 7.11. The number of sulfone groups is 1. The van der Waals surface area contributed by atoms with Gasteiger partial charge in [0.15, 0.2) is 9.84 Å². The van der Waals surface area contributed by atoms with Crippen LogP contribution >= 0.6 is 11.6 Å². The van der Waals surface area contributed by atoms with Gasteiger partial charge >= 0.3 is 0 Å². The number of hydrogen-bond donors (Lipinski definition) is 2. The normalized spacial score (nSPS) is 14.3. The van der Waals surface area contributed by atoms with Crippen LogP contribution in [0.5, 0.6) is 0 Å². The molecule has 10 heteroatoms. The summed E-state index contributed by atoms with van der Waals surface area (Å²) in [6.45, 7) is 0.228. The van der Waals surface area contributed by atoms with Gasteiger partial charge < -0.3 is 0 Å². The number of aryl methyl sites for hydroxylation is 1. The van der Waals surface area contributed by atoms with Crippen molar-refractivity contribution >= 4 is 32.9 Å². The van der Waals surface area contributed by atoms with Crippen LogP contribution in [0.3, 0.4) is 0 Å². The van der Waals surface area contributed by atoms with Gasteiger partial charge in [-0.2, -0.15) is 0 Å². The average molecular weight is 384 g/mol. The number of aromatic amines is 1. The fraction of sp³-hybridized carbons (Fsp3) is 0.200. The molecule has 0 aliphatic carbocycles. The van der Waals surface area contributed by atoms with E-state index in [0.29, 0.717) is 5.70 Å². The minimum absolute atomic E-state index is 0.0235. The summed E-state index contributed by atoms with van der Waals surface area (Å²) >= 11 is 6.36. The van der Waals surface area contributed by atoms with Gasteiger partial charge in [0.1, 0.15) is 5.56 Å². The first-order valence-corrected chi connectivity index (χ1v) is 9.38. The number of hydroxylamine groups is 1. The smallest absolute Gasteiger partial charge is 0.275 e. The Labute approximate surface area is 147 Å². The molecule has 2 heterocycles. The number of nitrogens with zero attached hydrogens (tertiary/aromatic N) is 1. The molecule has 2 aromatic rings. The lowest BCUT2D eigenvalue weighted by Crippen LogP contribution is -2.16. The molecular formula is C15H14ClN3O5S. The van der Waals surface area contributed by atoms with Crippen LogP contribution in [-0.4, -0.2) is 36.8 Å². The van der Waals surface area contributed by atoms with Crippen molar-refractivity contribution < 1.29 is 18.0 Å². The molecule has 0 atom stereocenters. The topological polar surface area (TPSA) is 110 Å². The number of hydrogen-bond acceptors (Lipinski definition) is 6. The average Bonchev–Trinajstić information content (AvgIpc) is 3.14. The minimum atomic E-state index is -3.61. The van der Waals surface area contributed by atoms with Gasteiger partial charge in [-0.25, -0.2) is 8.42 Å². The van der Waals surface area contributed by atoms with Crippen LogP contribution in [0.15, 0.2) is 34.1 Å². The van der Waals surface area contributed by atoms with Crippen LogP contribution in [0.4, 0.5) is 0 Å². The van der Waals surface area contributed by atoms with E-state index < -0.39 is 21.2 Å². The summed E-state index contributed by atoms with van der Waals surface area (Å²) in [6, 6.07) is 2.59. The van der Waals surface area contributed by atoms with E-state index in [2.05, 4.69) is 10.6 Å². The van der Waals surface area contributed by atoms with Crippen LogP contribution in [0.1, 0.15) is 21.5 Å². The van der Waals surface area contributed by atoms with E-state index in [4.69, 9.17) is 16.4 Å². The lowest BCUT2D eigenvalue weighted by atomic mass is 10.0. The van der Waals surface area contributed by atoms with Gasteiger partial charge in [0.2, 0.25) is 5.78 Å². The van der Waals surface area contributed by atoms with Gasteiger partial charge in [-0.05, 0) is 18.2 Å². The Balaban J connectivity index is 2.23. The van der Waals surface area contributed by atoms with Crippen LogP contribution < -0.4 is 11.0 Å². The molecule has 1 aromatic carbocycles. The summed E-state index contributed by atoms with van der Waals surface area (Å²) in [5, 5.41) is 2.37. The van der Waals surface area contributed by atoms with Crippen LogP contribution in [-0.2, 0) is 21.7 Å². The predicted molar refractivity (Wildman–Crippen MR) is 91.1 cm³/mol. The number of aromatic nitrogens is 2. The monoisotopic (exact) mass is 383 g/mol. The SMILES string of the molecule is Cn1cc(C(=O)c2ccc(S(C)(=O)=O)c(C3=CCON3)c2Cl)c(=O)[nH]1. The Bertz CT molecular complexity index is 1070. The summed E-state index contributed by atoms with van der Waals surface area (Å²) in [5.41, 5.74) is 2.44. The summed E-state index contributed by atoms with van der Waals surface area (Å²) in [6.07, 6.45) is 4.00. The van der Waals surface area contributed by atoms with E-state index in [9.17, 15) is 18.0 Å². The molecule has 2 N–H and O–H groups in total. The highest BCUT2D eigenvalue weighted by atomic mass is 35.5. The molecule has 1 aliphatic heterocycles. The molecule has 0 amide bonds. The van der Waals surface area contributed by atoms with Crippen molar-refractivity contribution in [1.82, 2.24) is 15.3 Å². The maximum atomic E-state index is 12.7. The number of ketones is 1. The zero-order valence-corrected chi connectivity index (χ0v) is 14.9. The van der Waals surface area contributed by atoms with Crippen molar-refractivity contribution in [2.24, 2.45) is 7.05 Å². The van der Waals surface area contributed by atoms with E-state index in [1.54, 1.807) is 13.1 Å². The molecule has 25 heavy (non-hydrogen) atoms. The second-order valence-corrected chi connectivity index (χ2v) is 7.89. The Kier molecular flexibility index (Phi) is 4.31. The van der Waals surface area contributed by atoms with Gasteiger partial charge in [0.25, 0.3) is 5.56 Å². The first kappa shape index (κ1) is 17.5. The van der Waals surface area contributed by atoms with Gasteiger partial charge in [0, 0.05) is 30.6 Å². The van der Waals surface area contributed by atoms with Gasteiger partial charge in [0.05, 0.1) is 22.2 Å². The summed E-state index contributed by atoms with van der Waals surface area (Å²) in [7, 11) is -2.04. The number of H-pyrrole nitrogens is 1. The third kappa shape index (κ3) is 3.13. The van der Waals surface area contributed by atoms with Crippen molar-refractivity contribution in [2.45, 2.75) is 4.90 Å². The van der Waals surface area contributed by atoms with Crippen LogP contribution in [0.2, 0.25) is 5.02 Å². The maximum Gasteiger partial charge on any atom is 0.275 e. The molecule has 0 saturated carbocycles. The van der Waals surface area contributed by atoms with Crippen molar-refractivity contribution in [3.63, 3.8) is 0 Å². The number of rotatable bonds is 4. The van der Waals surface area contributed by atoms with E-state index in [0.717, 1.165) is 6.26 Å². The van der Waals surface area contributed by atoms with E-state index in [1.807, 2.05) is 0 Å². The Morgan fingerprint density at radius 3 is 2.56 bits per heavy atom. The Morgan fingerprint density at radius 2 is 2.04 bits per heavy atom. The standard InChI is InChI=1S/C15H14ClN3O5S/c1-19-7-9(15(21)17-19)14(20)8-3-4-11(25(2,22)23)12(13(8)16)10-5-6-24-18-10/h3-5,7,18H,6H2,1-2H3,(H,17,21). The Morgan fingerprint density at radius 1 is 1.32 bits per heavy atom. The van der Waals surface area contributed by atoms with Crippen LogP contribution in [0, 0.1) is 0 Å². The second-order valence-electron chi connectivity index (χ2n) is 5.53. The molecule has 3 rings (SSSR count). The molecule has 0 saturated heterocycles. The fourth-order valence-corrected chi connectivity index (χ4v) is 3.85. The van der Waals surface area contributed by atoms with E-state index in [1.165, 1.54) is 23.0 Å². The highest BCUT2D eigenvalue weighted by Gasteiger charge is 2.27. The molecule has 1 aliphatic rings. The molecule has 1 aromatic heterocycles. The molecule has 0 spiro atoms. The number of halogens is 1. The van der Waals surface area contributed by atoms with E-state index >= 15 is 0 Å². The molecule has 8 nitrogen and oxygen atoms in total. The highest BCUT2D eigenvalue weighted by Crippen LogP contribution is 2.34. The number of nitrogens with one attached hydrogen (secondary N) is 2. The fourth-order valence-electron chi connectivity index (χ4n) is 2.54. The molecule has 0 fully saturated rings. The van der Waals surface area contributed by atoms with Crippen molar-refractivity contribution in [1.29, 1.82) is 0 Å². The quantitative estimate of drug-likeness (QED) is 0.758. The van der Waals surface area contributed by atoms with Gasteiger partial charge in [-0.1, -0.05) is 11.6 Å². The highest BCUT2D eigenvalue weighted by molar-refractivity contribution is 7.90. The first-order chi connectivity index (χ1) is 11.7. The predicted octanol–water partition coefficient (Wildman–Crippen LogP) is 0.877. The minimum Gasteiger partial charge on any atom is -0.295 e. The Hall–Kier alpha value is -2.36. The molecule has 0 radical (unpaired) electrons. The molecule has 0 unspecified atom stereocenters. The molecular weight excluding hydrogens is 370 g/mol. The third-order valence-electron chi connectivity index (χ3n) is 3.66. The number of carbonyl (C=O) groups is 1. The van der Waals surface area contributed by atoms with Crippen molar-refractivity contribution in [3.8, 4) is 0 Å². The lowest BCUT2D eigenvalue weighted by molar-refractivity contribution is 0.103. The van der Waals surface area contributed by atoms with E-state index in [-0.39, 0.29) is 33.2 Å². The second kappa shape index (κ2) is 6.17. The molecule has 132 valence electrons. The third-order valence-corrected chi connectivity index (χ3v) is 5.19. The number of carbonyl (C=O) groups excluding carboxylic acids is 1. The largest absolute Gasteiger partial charge is 0.295 e. The molecule has 0 bridgehead atoms. The zero-order chi connectivity index (χ0) is 18.4. The summed E-state index contributed by atoms with van der Waals surface area (Å²) in [5.74, 6) is -0.604. The van der Waals surface area contributed by atoms with Gasteiger partial charge in [-0.3, -0.25) is 29.7 Å². The van der Waals surface area contributed by atoms with Crippen molar-refractivity contribution in [3.05, 3.63) is 56.5 Å². The summed E-state index contributed by atoms with van der Waals surface area (Å²) < 4.78 is 25.5. The lowest BCUT2D eigenvalue weighted by Gasteiger charge is -2.14. The van der Waals surface area contributed by atoms with Gasteiger partial charge in [-0.15, -0.1) is 0 Å². The van der Waals surface area contributed by atoms with Crippen LogP contribution in [0.25, 0.3) is 5.70 Å². The summed E-state index contributed by atoms with van der Waals surface area (Å²) in [4.78, 5) is 29.5. The van der Waals surface area contributed by atoms with Crippen molar-refractivity contribution in [2.75, 3.05) is 12.9 Å². The maximum absolute atomic E-state index is 12.7.